The Labute approximate surface area is 185 Å². The van der Waals surface area contributed by atoms with E-state index >= 15 is 0 Å². The summed E-state index contributed by atoms with van der Waals surface area (Å²) < 4.78 is 21.1. The van der Waals surface area contributed by atoms with Crippen LogP contribution in [0, 0.1) is 0 Å². The normalized spacial score (nSPS) is 25.0. The fourth-order valence-corrected chi connectivity index (χ4v) is 3.53. The second-order valence-corrected chi connectivity index (χ2v) is 7.38. The molecule has 0 aliphatic carbocycles. The van der Waals surface area contributed by atoms with Crippen molar-refractivity contribution < 1.29 is 49.0 Å². The van der Waals surface area contributed by atoms with Crippen molar-refractivity contribution in [1.29, 1.82) is 0 Å². The Balaban J connectivity index is 1.67. The number of aromatic hydroxyl groups is 1. The largest absolute Gasteiger partial charge is 0.507 e. The minimum Gasteiger partial charge on any atom is -0.507 e. The van der Waals surface area contributed by atoms with Crippen LogP contribution in [0.25, 0.3) is 22.1 Å². The van der Waals surface area contributed by atoms with Crippen LogP contribution in [-0.2, 0) is 9.53 Å². The molecule has 0 amide bonds. The zero-order chi connectivity index (χ0) is 23.9. The van der Waals surface area contributed by atoms with Crippen molar-refractivity contribution in [3.8, 4) is 28.4 Å². The number of carbonyl (C=O) groups is 1. The maximum atomic E-state index is 13.0. The van der Waals surface area contributed by atoms with Crippen molar-refractivity contribution in [1.82, 2.24) is 0 Å². The lowest BCUT2D eigenvalue weighted by molar-refractivity contribution is -0.271. The van der Waals surface area contributed by atoms with Gasteiger partial charge in [-0.25, -0.2) is 4.79 Å². The number of ether oxygens (including phenoxy) is 3. The molecular formula is C22H20O11. The number of aliphatic hydroxyl groups is 3. The zero-order valence-corrected chi connectivity index (χ0v) is 17.1. The van der Waals surface area contributed by atoms with Crippen molar-refractivity contribution in [3.05, 3.63) is 52.9 Å². The molecule has 1 saturated heterocycles. The van der Waals surface area contributed by atoms with Gasteiger partial charge in [-0.05, 0) is 17.7 Å². The molecule has 5 atom stereocenters. The first kappa shape index (κ1) is 22.6. The SMILES string of the molecule is COc1ccc(-c2coc3cc(O[C@@H]4OC(C(=O)O)[C@@H](O)C(O)C4O)cc(O)c3c2=O)cc1. The summed E-state index contributed by atoms with van der Waals surface area (Å²) in [6, 6.07) is 8.94. The molecule has 1 aromatic heterocycles. The van der Waals surface area contributed by atoms with E-state index in [9.17, 15) is 30.0 Å². The Morgan fingerprint density at radius 1 is 1.00 bits per heavy atom. The summed E-state index contributed by atoms with van der Waals surface area (Å²) in [6.07, 6.45) is -7.86. The number of methoxy groups -OCH3 is 1. The van der Waals surface area contributed by atoms with Crippen molar-refractivity contribution in [2.75, 3.05) is 7.11 Å². The minimum atomic E-state index is -1.88. The fourth-order valence-electron chi connectivity index (χ4n) is 3.53. The van der Waals surface area contributed by atoms with Gasteiger partial charge in [0.05, 0.1) is 12.7 Å². The minimum absolute atomic E-state index is 0.0482. The highest BCUT2D eigenvalue weighted by Crippen LogP contribution is 2.33. The molecule has 4 rings (SSSR count). The van der Waals surface area contributed by atoms with Crippen LogP contribution in [0.2, 0.25) is 0 Å². The number of fused-ring (bicyclic) bond motifs is 1. The number of aliphatic carboxylic acids is 1. The highest BCUT2D eigenvalue weighted by molar-refractivity contribution is 5.88. The van der Waals surface area contributed by atoms with Crippen LogP contribution in [0.15, 0.2) is 51.9 Å². The third-order valence-corrected chi connectivity index (χ3v) is 5.30. The number of hydrogen-bond acceptors (Lipinski definition) is 10. The number of carboxylic acids is 1. The molecule has 1 aliphatic rings. The summed E-state index contributed by atoms with van der Waals surface area (Å²) >= 11 is 0. The predicted molar refractivity (Wildman–Crippen MR) is 111 cm³/mol. The Hall–Kier alpha value is -3.64. The van der Waals surface area contributed by atoms with E-state index in [2.05, 4.69) is 0 Å². The maximum absolute atomic E-state index is 13.0. The number of hydrogen-bond donors (Lipinski definition) is 5. The molecule has 0 spiro atoms. The second kappa shape index (κ2) is 8.71. The smallest absolute Gasteiger partial charge is 0.335 e. The highest BCUT2D eigenvalue weighted by Gasteiger charge is 2.48. The highest BCUT2D eigenvalue weighted by atomic mass is 16.7. The van der Waals surface area contributed by atoms with Gasteiger partial charge in [-0.1, -0.05) is 12.1 Å². The van der Waals surface area contributed by atoms with Gasteiger partial charge in [0, 0.05) is 12.1 Å². The first-order valence-corrected chi connectivity index (χ1v) is 9.73. The fraction of sp³-hybridized carbons (Fsp3) is 0.273. The Kier molecular flexibility index (Phi) is 5.95. The Morgan fingerprint density at radius 2 is 1.70 bits per heavy atom. The topological polar surface area (TPSA) is 176 Å². The summed E-state index contributed by atoms with van der Waals surface area (Å²) in [5, 5.41) is 49.2. The molecular weight excluding hydrogens is 440 g/mol. The summed E-state index contributed by atoms with van der Waals surface area (Å²) in [5.41, 5.74) is 0.176. The summed E-state index contributed by atoms with van der Waals surface area (Å²) in [5.74, 6) is -1.60. The number of phenols is 1. The Morgan fingerprint density at radius 3 is 2.33 bits per heavy atom. The first-order valence-electron chi connectivity index (χ1n) is 9.73. The molecule has 33 heavy (non-hydrogen) atoms. The Bertz CT molecular complexity index is 1230. The second-order valence-electron chi connectivity index (χ2n) is 7.38. The quantitative estimate of drug-likeness (QED) is 0.357. The molecule has 11 heteroatoms. The van der Waals surface area contributed by atoms with Crippen LogP contribution >= 0.6 is 0 Å². The van der Waals surface area contributed by atoms with Crippen LogP contribution in [-0.4, -0.2) is 69.3 Å². The lowest BCUT2D eigenvalue weighted by Crippen LogP contribution is -2.61. The van der Waals surface area contributed by atoms with E-state index in [-0.39, 0.29) is 22.3 Å². The molecule has 3 aromatic rings. The van der Waals surface area contributed by atoms with E-state index in [0.717, 1.165) is 6.07 Å². The lowest BCUT2D eigenvalue weighted by atomic mass is 9.99. The van der Waals surface area contributed by atoms with Gasteiger partial charge in [0.15, 0.2) is 6.10 Å². The van der Waals surface area contributed by atoms with Gasteiger partial charge in [-0.2, -0.15) is 0 Å². The van der Waals surface area contributed by atoms with Crippen molar-refractivity contribution in [2.45, 2.75) is 30.7 Å². The zero-order valence-electron chi connectivity index (χ0n) is 17.1. The third-order valence-electron chi connectivity index (χ3n) is 5.30. The predicted octanol–water partition coefficient (Wildman–Crippen LogP) is 0.445. The van der Waals surface area contributed by atoms with E-state index in [1.807, 2.05) is 0 Å². The molecule has 3 unspecified atom stereocenters. The van der Waals surface area contributed by atoms with Gasteiger partial charge in [0.1, 0.15) is 52.8 Å². The van der Waals surface area contributed by atoms with Crippen LogP contribution in [0.4, 0.5) is 0 Å². The molecule has 11 nitrogen and oxygen atoms in total. The van der Waals surface area contributed by atoms with Gasteiger partial charge in [-0.15, -0.1) is 0 Å². The number of carboxylic acid groups (broad SMARTS) is 1. The van der Waals surface area contributed by atoms with Crippen LogP contribution in [0.1, 0.15) is 0 Å². The van der Waals surface area contributed by atoms with E-state index in [1.54, 1.807) is 24.3 Å². The van der Waals surface area contributed by atoms with Gasteiger partial charge < -0.3 is 44.2 Å². The average Bonchev–Trinajstić information content (AvgIpc) is 2.79. The van der Waals surface area contributed by atoms with Gasteiger partial charge in [-0.3, -0.25) is 4.79 Å². The van der Waals surface area contributed by atoms with Crippen LogP contribution in [0.3, 0.4) is 0 Å². The third kappa shape index (κ3) is 4.10. The summed E-state index contributed by atoms with van der Waals surface area (Å²) in [6.45, 7) is 0. The number of rotatable bonds is 5. The van der Waals surface area contributed by atoms with Gasteiger partial charge >= 0.3 is 5.97 Å². The molecule has 5 N–H and O–H groups in total. The molecule has 2 heterocycles. The summed E-state index contributed by atoms with van der Waals surface area (Å²) in [7, 11) is 1.51. The maximum Gasteiger partial charge on any atom is 0.335 e. The number of aliphatic hydroxyl groups excluding tert-OH is 3. The van der Waals surface area contributed by atoms with E-state index in [4.69, 9.17) is 23.7 Å². The van der Waals surface area contributed by atoms with E-state index in [1.165, 1.54) is 19.4 Å². The lowest BCUT2D eigenvalue weighted by Gasteiger charge is -2.38. The van der Waals surface area contributed by atoms with Gasteiger partial charge in [0.2, 0.25) is 11.7 Å². The van der Waals surface area contributed by atoms with Crippen LogP contribution in [0.5, 0.6) is 17.2 Å². The monoisotopic (exact) mass is 460 g/mol. The molecule has 1 aliphatic heterocycles. The molecule has 0 radical (unpaired) electrons. The van der Waals surface area contributed by atoms with E-state index in [0.29, 0.717) is 11.3 Å². The van der Waals surface area contributed by atoms with Crippen LogP contribution < -0.4 is 14.9 Å². The van der Waals surface area contributed by atoms with Crippen molar-refractivity contribution >= 4 is 16.9 Å². The van der Waals surface area contributed by atoms with Gasteiger partial charge in [0.25, 0.3) is 0 Å². The van der Waals surface area contributed by atoms with Crippen molar-refractivity contribution in [3.63, 3.8) is 0 Å². The summed E-state index contributed by atoms with van der Waals surface area (Å²) in [4.78, 5) is 24.2. The number of phenolic OH excluding ortho intramolecular Hbond substituents is 1. The average molecular weight is 460 g/mol. The van der Waals surface area contributed by atoms with Crippen molar-refractivity contribution in [2.24, 2.45) is 0 Å². The molecule has 0 bridgehead atoms. The molecule has 2 aromatic carbocycles. The van der Waals surface area contributed by atoms with E-state index < -0.39 is 47.9 Å². The number of benzene rings is 2. The molecule has 174 valence electrons. The first-order chi connectivity index (χ1) is 15.7. The molecule has 0 saturated carbocycles. The standard InChI is InChI=1S/C22H20O11/c1-30-10-4-2-9(3-5-10)12-8-31-14-7-11(6-13(23)15(14)16(12)24)32-22-19(27)17(25)18(26)20(33-22)21(28)29/h2-8,17-20,22-23,25-27H,1H3,(H,28,29)/t17?,18-,19?,20?,22+/m0/s1. The molecule has 1 fully saturated rings.